The molecule has 0 saturated carbocycles. The molecule has 1 aliphatic rings. The lowest BCUT2D eigenvalue weighted by atomic mass is 9.88. The minimum Gasteiger partial charge on any atom is -0.352 e. The minimum atomic E-state index is -0.149. The molecule has 2 aromatic carbocycles. The lowest BCUT2D eigenvalue weighted by Crippen LogP contribution is -2.46. The largest absolute Gasteiger partial charge is 0.352 e. The molecule has 4 heteroatoms. The van der Waals surface area contributed by atoms with Crippen LogP contribution in [-0.2, 0) is 22.6 Å². The van der Waals surface area contributed by atoms with E-state index in [0.29, 0.717) is 13.1 Å². The molecule has 2 atom stereocenters. The van der Waals surface area contributed by atoms with Gasteiger partial charge in [-0.1, -0.05) is 61.5 Å². The fourth-order valence-electron chi connectivity index (χ4n) is 3.78. The number of hydrogen-bond acceptors (Lipinski definition) is 2. The minimum absolute atomic E-state index is 0.0279. The third-order valence-corrected chi connectivity index (χ3v) is 5.44. The Labute approximate surface area is 161 Å². The van der Waals surface area contributed by atoms with Gasteiger partial charge in [-0.25, -0.2) is 0 Å². The number of piperidine rings is 1. The van der Waals surface area contributed by atoms with E-state index in [2.05, 4.69) is 36.5 Å². The third kappa shape index (κ3) is 4.76. The number of benzene rings is 2. The van der Waals surface area contributed by atoms with Crippen LogP contribution in [0, 0.1) is 5.92 Å². The molecule has 0 aliphatic carbocycles. The normalized spacial score (nSPS) is 19.6. The van der Waals surface area contributed by atoms with E-state index in [1.54, 1.807) is 6.92 Å². The van der Waals surface area contributed by atoms with Gasteiger partial charge in [0.15, 0.2) is 0 Å². The molecule has 142 valence electrons. The van der Waals surface area contributed by atoms with E-state index in [0.717, 1.165) is 30.4 Å². The van der Waals surface area contributed by atoms with Crippen molar-refractivity contribution in [3.63, 3.8) is 0 Å². The molecule has 27 heavy (non-hydrogen) atoms. The lowest BCUT2D eigenvalue weighted by molar-refractivity contribution is -0.137. The first-order valence-electron chi connectivity index (χ1n) is 9.76. The Morgan fingerprint density at radius 3 is 2.33 bits per heavy atom. The van der Waals surface area contributed by atoms with Crippen molar-refractivity contribution >= 4 is 11.8 Å². The van der Waals surface area contributed by atoms with Crippen LogP contribution in [-0.4, -0.2) is 23.3 Å². The summed E-state index contributed by atoms with van der Waals surface area (Å²) >= 11 is 0. The Balaban J connectivity index is 1.64. The summed E-state index contributed by atoms with van der Waals surface area (Å²) in [5, 5.41) is 3.02. The summed E-state index contributed by atoms with van der Waals surface area (Å²) in [6.45, 7) is 4.74. The van der Waals surface area contributed by atoms with Gasteiger partial charge < -0.3 is 10.2 Å². The van der Waals surface area contributed by atoms with Gasteiger partial charge in [0, 0.05) is 20.0 Å². The maximum absolute atomic E-state index is 12.6. The highest BCUT2D eigenvalue weighted by molar-refractivity contribution is 5.81. The van der Waals surface area contributed by atoms with Crippen molar-refractivity contribution in [2.75, 3.05) is 6.54 Å². The zero-order chi connectivity index (χ0) is 19.2. The van der Waals surface area contributed by atoms with E-state index >= 15 is 0 Å². The molecule has 2 aromatic rings. The molecule has 2 unspecified atom stereocenters. The number of carbonyl (C=O) groups excluding carboxylic acids is 2. The van der Waals surface area contributed by atoms with Gasteiger partial charge in [-0.3, -0.25) is 9.59 Å². The smallest absolute Gasteiger partial charge is 0.225 e. The second-order valence-corrected chi connectivity index (χ2v) is 7.26. The molecule has 2 amide bonds. The molecular formula is C23H28N2O2. The molecule has 1 fully saturated rings. The highest BCUT2D eigenvalue weighted by Crippen LogP contribution is 2.33. The standard InChI is InChI=1S/C23H28N2O2/c1-3-18-9-11-20(12-10-18)22-14-13-21(16-25(22)17(2)26)23(27)24-15-19-7-5-4-6-8-19/h4-12,21-22H,3,13-16H2,1-2H3,(H,24,27). The molecule has 1 heterocycles. The first kappa shape index (κ1) is 19.2. The van der Waals surface area contributed by atoms with Crippen molar-refractivity contribution in [2.24, 2.45) is 5.92 Å². The number of rotatable bonds is 5. The molecule has 1 aliphatic heterocycles. The number of aryl methyl sites for hydroxylation is 1. The summed E-state index contributed by atoms with van der Waals surface area (Å²) in [4.78, 5) is 26.7. The SMILES string of the molecule is CCc1ccc(C2CCC(C(=O)NCc3ccccc3)CN2C(C)=O)cc1. The van der Waals surface area contributed by atoms with Crippen LogP contribution in [0.25, 0.3) is 0 Å². The molecule has 3 rings (SSSR count). The summed E-state index contributed by atoms with van der Waals surface area (Å²) < 4.78 is 0. The van der Waals surface area contributed by atoms with Crippen LogP contribution in [0.2, 0.25) is 0 Å². The van der Waals surface area contributed by atoms with Crippen LogP contribution >= 0.6 is 0 Å². The lowest BCUT2D eigenvalue weighted by Gasteiger charge is -2.39. The van der Waals surface area contributed by atoms with Crippen LogP contribution < -0.4 is 5.32 Å². The molecule has 0 spiro atoms. The summed E-state index contributed by atoms with van der Waals surface area (Å²) in [6, 6.07) is 18.5. The molecule has 0 bridgehead atoms. The van der Waals surface area contributed by atoms with E-state index in [-0.39, 0.29) is 23.8 Å². The van der Waals surface area contributed by atoms with E-state index in [4.69, 9.17) is 0 Å². The van der Waals surface area contributed by atoms with Gasteiger partial charge in [-0.2, -0.15) is 0 Å². The van der Waals surface area contributed by atoms with Crippen molar-refractivity contribution in [1.29, 1.82) is 0 Å². The van der Waals surface area contributed by atoms with Crippen molar-refractivity contribution in [3.05, 3.63) is 71.3 Å². The van der Waals surface area contributed by atoms with Crippen LogP contribution in [0.3, 0.4) is 0 Å². The van der Waals surface area contributed by atoms with Crippen LogP contribution in [0.15, 0.2) is 54.6 Å². The number of likely N-dealkylation sites (tertiary alicyclic amines) is 1. The fraction of sp³-hybridized carbons (Fsp3) is 0.391. The maximum Gasteiger partial charge on any atom is 0.225 e. The first-order chi connectivity index (χ1) is 13.1. The topological polar surface area (TPSA) is 49.4 Å². The van der Waals surface area contributed by atoms with Crippen LogP contribution in [0.5, 0.6) is 0 Å². The van der Waals surface area contributed by atoms with Gasteiger partial charge in [0.2, 0.25) is 11.8 Å². The van der Waals surface area contributed by atoms with Crippen molar-refractivity contribution in [3.8, 4) is 0 Å². The Bertz CT molecular complexity index is 771. The number of amides is 2. The predicted octanol–water partition coefficient (Wildman–Crippen LogP) is 3.87. The van der Waals surface area contributed by atoms with Gasteiger partial charge in [0.1, 0.15) is 0 Å². The number of carbonyl (C=O) groups is 2. The second-order valence-electron chi connectivity index (χ2n) is 7.26. The average Bonchev–Trinajstić information content (AvgIpc) is 2.72. The molecule has 0 radical (unpaired) electrons. The zero-order valence-electron chi connectivity index (χ0n) is 16.2. The summed E-state index contributed by atoms with van der Waals surface area (Å²) in [6.07, 6.45) is 2.62. The predicted molar refractivity (Wildman–Crippen MR) is 107 cm³/mol. The summed E-state index contributed by atoms with van der Waals surface area (Å²) in [5.41, 5.74) is 3.53. The Kier molecular flexibility index (Phi) is 6.28. The van der Waals surface area contributed by atoms with Crippen molar-refractivity contribution in [1.82, 2.24) is 10.2 Å². The highest BCUT2D eigenvalue weighted by atomic mass is 16.2. The van der Waals surface area contributed by atoms with Crippen molar-refractivity contribution in [2.45, 2.75) is 45.7 Å². The Morgan fingerprint density at radius 2 is 1.70 bits per heavy atom. The summed E-state index contributed by atoms with van der Waals surface area (Å²) in [5.74, 6) is -0.0891. The Hall–Kier alpha value is -2.62. The van der Waals surface area contributed by atoms with Gasteiger partial charge in [-0.15, -0.1) is 0 Å². The Morgan fingerprint density at radius 1 is 1.00 bits per heavy atom. The molecule has 1 saturated heterocycles. The second kappa shape index (κ2) is 8.85. The monoisotopic (exact) mass is 364 g/mol. The zero-order valence-corrected chi connectivity index (χ0v) is 16.2. The fourth-order valence-corrected chi connectivity index (χ4v) is 3.78. The third-order valence-electron chi connectivity index (χ3n) is 5.44. The summed E-state index contributed by atoms with van der Waals surface area (Å²) in [7, 11) is 0. The molecule has 1 N–H and O–H groups in total. The average molecular weight is 364 g/mol. The maximum atomic E-state index is 12.6. The molecular weight excluding hydrogens is 336 g/mol. The van der Waals surface area contributed by atoms with Gasteiger partial charge >= 0.3 is 0 Å². The highest BCUT2D eigenvalue weighted by Gasteiger charge is 2.34. The number of nitrogens with one attached hydrogen (secondary N) is 1. The van der Waals surface area contributed by atoms with Gasteiger partial charge in [-0.05, 0) is 36.0 Å². The van der Waals surface area contributed by atoms with E-state index in [9.17, 15) is 9.59 Å². The van der Waals surface area contributed by atoms with E-state index in [1.165, 1.54) is 5.56 Å². The molecule has 4 nitrogen and oxygen atoms in total. The van der Waals surface area contributed by atoms with Crippen molar-refractivity contribution < 1.29 is 9.59 Å². The van der Waals surface area contributed by atoms with Crippen LogP contribution in [0.1, 0.15) is 49.4 Å². The van der Waals surface area contributed by atoms with Gasteiger partial charge in [0.25, 0.3) is 0 Å². The van der Waals surface area contributed by atoms with E-state index < -0.39 is 0 Å². The number of hydrogen-bond donors (Lipinski definition) is 1. The number of nitrogens with zero attached hydrogens (tertiary/aromatic N) is 1. The quantitative estimate of drug-likeness (QED) is 0.876. The van der Waals surface area contributed by atoms with Gasteiger partial charge in [0.05, 0.1) is 12.0 Å². The molecule has 0 aromatic heterocycles. The van der Waals surface area contributed by atoms with E-state index in [1.807, 2.05) is 35.2 Å². The van der Waals surface area contributed by atoms with Crippen LogP contribution in [0.4, 0.5) is 0 Å². The first-order valence-corrected chi connectivity index (χ1v) is 9.76.